The van der Waals surface area contributed by atoms with Crippen molar-refractivity contribution in [2.45, 2.75) is 27.3 Å². The standard InChI is InChI=1S/C12H14N2OS/c1-5-6-14-9(4)13-11-10(12(14)15)7(2)8(3)16-11/h5H,1,6H2,2-4H3. The Labute approximate surface area is 98.1 Å². The van der Waals surface area contributed by atoms with Crippen molar-refractivity contribution < 1.29 is 0 Å². The summed E-state index contributed by atoms with van der Waals surface area (Å²) in [6, 6.07) is 0. The maximum Gasteiger partial charge on any atom is 0.262 e. The van der Waals surface area contributed by atoms with E-state index in [9.17, 15) is 4.79 Å². The van der Waals surface area contributed by atoms with Gasteiger partial charge in [0.05, 0.1) is 5.39 Å². The van der Waals surface area contributed by atoms with Crippen LogP contribution in [0.15, 0.2) is 17.4 Å². The summed E-state index contributed by atoms with van der Waals surface area (Å²) in [4.78, 5) is 18.7. The minimum absolute atomic E-state index is 0.0456. The fourth-order valence-electron chi connectivity index (χ4n) is 1.77. The Balaban J connectivity index is 2.90. The zero-order valence-electron chi connectivity index (χ0n) is 9.70. The zero-order valence-corrected chi connectivity index (χ0v) is 10.5. The second-order valence-electron chi connectivity index (χ2n) is 3.83. The van der Waals surface area contributed by atoms with E-state index in [1.165, 1.54) is 0 Å². The van der Waals surface area contributed by atoms with Crippen LogP contribution in [0.5, 0.6) is 0 Å². The highest BCUT2D eigenvalue weighted by Gasteiger charge is 2.13. The van der Waals surface area contributed by atoms with Gasteiger partial charge in [-0.2, -0.15) is 0 Å². The summed E-state index contributed by atoms with van der Waals surface area (Å²) >= 11 is 1.58. The highest BCUT2D eigenvalue weighted by atomic mass is 32.1. The van der Waals surface area contributed by atoms with Crippen molar-refractivity contribution in [3.05, 3.63) is 39.3 Å². The summed E-state index contributed by atoms with van der Waals surface area (Å²) in [5, 5.41) is 0.759. The molecular weight excluding hydrogens is 220 g/mol. The molecule has 0 atom stereocenters. The van der Waals surface area contributed by atoms with E-state index in [4.69, 9.17) is 0 Å². The van der Waals surface area contributed by atoms with Gasteiger partial charge in [0.2, 0.25) is 0 Å². The maximum atomic E-state index is 12.3. The number of hydrogen-bond donors (Lipinski definition) is 0. The molecule has 84 valence electrons. The molecule has 0 saturated heterocycles. The van der Waals surface area contributed by atoms with Gasteiger partial charge in [0.15, 0.2) is 0 Å². The minimum atomic E-state index is 0.0456. The van der Waals surface area contributed by atoms with E-state index < -0.39 is 0 Å². The van der Waals surface area contributed by atoms with Crippen LogP contribution in [0.4, 0.5) is 0 Å². The van der Waals surface area contributed by atoms with Gasteiger partial charge in [-0.15, -0.1) is 17.9 Å². The smallest absolute Gasteiger partial charge is 0.262 e. The fraction of sp³-hybridized carbons (Fsp3) is 0.333. The highest BCUT2D eigenvalue weighted by molar-refractivity contribution is 7.18. The summed E-state index contributed by atoms with van der Waals surface area (Å²) in [7, 11) is 0. The van der Waals surface area contributed by atoms with Crippen LogP contribution in [0.25, 0.3) is 10.2 Å². The molecule has 0 amide bonds. The van der Waals surface area contributed by atoms with Gasteiger partial charge in [0.25, 0.3) is 5.56 Å². The fourth-order valence-corrected chi connectivity index (χ4v) is 2.84. The second kappa shape index (κ2) is 3.87. The first-order chi connectivity index (χ1) is 7.56. The number of hydrogen-bond acceptors (Lipinski definition) is 3. The number of thiophene rings is 1. The molecular formula is C12H14N2OS. The highest BCUT2D eigenvalue weighted by Crippen LogP contribution is 2.25. The van der Waals surface area contributed by atoms with Crippen molar-refractivity contribution in [2.24, 2.45) is 0 Å². The summed E-state index contributed by atoms with van der Waals surface area (Å²) in [5.74, 6) is 0.749. The molecule has 0 aromatic carbocycles. The topological polar surface area (TPSA) is 34.9 Å². The molecule has 16 heavy (non-hydrogen) atoms. The molecule has 3 nitrogen and oxygen atoms in total. The van der Waals surface area contributed by atoms with Crippen molar-refractivity contribution >= 4 is 21.6 Å². The Bertz CT molecular complexity index is 622. The Hall–Kier alpha value is -1.42. The number of allylic oxidation sites excluding steroid dienone is 1. The summed E-state index contributed by atoms with van der Waals surface area (Å²) in [6.07, 6.45) is 1.72. The predicted molar refractivity (Wildman–Crippen MR) is 68.3 cm³/mol. The lowest BCUT2D eigenvalue weighted by atomic mass is 10.2. The molecule has 0 fully saturated rings. The molecule has 0 N–H and O–H groups in total. The van der Waals surface area contributed by atoms with Gasteiger partial charge in [-0.1, -0.05) is 6.08 Å². The molecule has 2 aromatic heterocycles. The first kappa shape index (κ1) is 11.1. The lowest BCUT2D eigenvalue weighted by Gasteiger charge is -2.06. The molecule has 4 heteroatoms. The van der Waals surface area contributed by atoms with Gasteiger partial charge in [-0.05, 0) is 26.3 Å². The number of aryl methyl sites for hydroxylation is 3. The van der Waals surface area contributed by atoms with Crippen molar-refractivity contribution in [3.8, 4) is 0 Å². The molecule has 2 aromatic rings. The van der Waals surface area contributed by atoms with Crippen molar-refractivity contribution in [2.75, 3.05) is 0 Å². The van der Waals surface area contributed by atoms with Crippen molar-refractivity contribution in [3.63, 3.8) is 0 Å². The van der Waals surface area contributed by atoms with E-state index in [1.807, 2.05) is 20.8 Å². The van der Waals surface area contributed by atoms with E-state index in [1.54, 1.807) is 22.0 Å². The Morgan fingerprint density at radius 2 is 2.12 bits per heavy atom. The van der Waals surface area contributed by atoms with Crippen LogP contribution in [0.3, 0.4) is 0 Å². The van der Waals surface area contributed by atoms with Gasteiger partial charge in [0.1, 0.15) is 10.7 Å². The SMILES string of the molecule is C=CCn1c(C)nc2sc(C)c(C)c2c1=O. The van der Waals surface area contributed by atoms with Gasteiger partial charge in [-0.3, -0.25) is 9.36 Å². The molecule has 2 heterocycles. The van der Waals surface area contributed by atoms with Crippen molar-refractivity contribution in [1.82, 2.24) is 9.55 Å². The lowest BCUT2D eigenvalue weighted by molar-refractivity contribution is 0.730. The van der Waals surface area contributed by atoms with E-state index in [0.29, 0.717) is 6.54 Å². The first-order valence-electron chi connectivity index (χ1n) is 5.14. The van der Waals surface area contributed by atoms with E-state index in [0.717, 1.165) is 26.5 Å². The molecule has 0 aliphatic carbocycles. The van der Waals surface area contributed by atoms with E-state index in [-0.39, 0.29) is 5.56 Å². The summed E-state index contributed by atoms with van der Waals surface area (Å²) in [6.45, 7) is 10.0. The van der Waals surface area contributed by atoms with E-state index >= 15 is 0 Å². The van der Waals surface area contributed by atoms with Gasteiger partial charge in [-0.25, -0.2) is 4.98 Å². The average Bonchev–Trinajstić information content (AvgIpc) is 2.49. The molecule has 0 spiro atoms. The third kappa shape index (κ3) is 1.50. The number of fused-ring (bicyclic) bond motifs is 1. The Kier molecular flexibility index (Phi) is 2.68. The third-order valence-corrected chi connectivity index (χ3v) is 3.89. The maximum absolute atomic E-state index is 12.3. The average molecular weight is 234 g/mol. The molecule has 0 saturated carbocycles. The quantitative estimate of drug-likeness (QED) is 0.748. The molecule has 0 radical (unpaired) electrons. The number of rotatable bonds is 2. The van der Waals surface area contributed by atoms with Gasteiger partial charge in [0, 0.05) is 11.4 Å². The van der Waals surface area contributed by atoms with E-state index in [2.05, 4.69) is 11.6 Å². The van der Waals surface area contributed by atoms with Crippen LogP contribution in [-0.4, -0.2) is 9.55 Å². The Morgan fingerprint density at radius 1 is 1.44 bits per heavy atom. The van der Waals surface area contributed by atoms with Crippen LogP contribution in [-0.2, 0) is 6.54 Å². The molecule has 0 aliphatic rings. The first-order valence-corrected chi connectivity index (χ1v) is 5.96. The molecule has 2 rings (SSSR count). The predicted octanol–water partition coefficient (Wildman–Crippen LogP) is 2.57. The lowest BCUT2D eigenvalue weighted by Crippen LogP contribution is -2.23. The van der Waals surface area contributed by atoms with Crippen LogP contribution >= 0.6 is 11.3 Å². The second-order valence-corrected chi connectivity index (χ2v) is 5.03. The van der Waals surface area contributed by atoms with Gasteiger partial charge < -0.3 is 0 Å². The van der Waals surface area contributed by atoms with Crippen LogP contribution < -0.4 is 5.56 Å². The molecule has 0 unspecified atom stereocenters. The van der Waals surface area contributed by atoms with Crippen LogP contribution in [0, 0.1) is 20.8 Å². The van der Waals surface area contributed by atoms with Crippen LogP contribution in [0.2, 0.25) is 0 Å². The third-order valence-electron chi connectivity index (χ3n) is 2.79. The number of aromatic nitrogens is 2. The largest absolute Gasteiger partial charge is 0.292 e. The van der Waals surface area contributed by atoms with Crippen LogP contribution in [0.1, 0.15) is 16.3 Å². The van der Waals surface area contributed by atoms with Crippen molar-refractivity contribution in [1.29, 1.82) is 0 Å². The summed E-state index contributed by atoms with van der Waals surface area (Å²) < 4.78 is 1.66. The molecule has 0 aliphatic heterocycles. The Morgan fingerprint density at radius 3 is 2.75 bits per heavy atom. The molecule has 0 bridgehead atoms. The van der Waals surface area contributed by atoms with Gasteiger partial charge >= 0.3 is 0 Å². The normalized spacial score (nSPS) is 10.9. The minimum Gasteiger partial charge on any atom is -0.292 e. The zero-order chi connectivity index (χ0) is 11.9. The number of nitrogens with zero attached hydrogens (tertiary/aromatic N) is 2. The summed E-state index contributed by atoms with van der Waals surface area (Å²) in [5.41, 5.74) is 1.10. The monoisotopic (exact) mass is 234 g/mol.